The fraction of sp³-hybridized carbons (Fsp3) is 0.312. The van der Waals surface area contributed by atoms with Crippen LogP contribution in [0.1, 0.15) is 5.56 Å². The number of hydrogen-bond donors (Lipinski definition) is 0. The Bertz CT molecular complexity index is 753. The number of ether oxygens (including phenoxy) is 2. The maximum absolute atomic E-state index is 12.8. The summed E-state index contributed by atoms with van der Waals surface area (Å²) in [5, 5.41) is 0. The molecule has 0 amide bonds. The molecule has 2 aromatic rings. The average molecular weight is 476 g/mol. The molecule has 0 atom stereocenters. The Morgan fingerprint density at radius 3 is 2.67 bits per heavy atom. The number of aryl methyl sites for hydroxylation is 1. The van der Waals surface area contributed by atoms with Gasteiger partial charge in [-0.15, -0.1) is 22.0 Å². The Hall–Kier alpha value is -0.626. The number of benzene rings is 1. The quantitative estimate of drug-likeness (QED) is 0.473. The first kappa shape index (κ1) is 21.4. The monoisotopic (exact) mass is 475 g/mol. The van der Waals surface area contributed by atoms with Gasteiger partial charge in [-0.3, -0.25) is 4.79 Å². The van der Waals surface area contributed by atoms with Gasteiger partial charge in [-0.2, -0.15) is 12.1 Å². The van der Waals surface area contributed by atoms with Gasteiger partial charge in [0.2, 0.25) is 5.56 Å². The van der Waals surface area contributed by atoms with Crippen LogP contribution < -0.4 is 10.3 Å². The fourth-order valence-corrected chi connectivity index (χ4v) is 2.48. The molecule has 0 unspecified atom stereocenters. The standard InChI is InChI=1S/C16H15BrF2NO3.Y/c1-10-7-11(23-9-22-2)3-4-12(10)14-6-5-13(17)16(21)20(14)8-15(18)19;/h3-5,7,15H,8-9H2,1-2H3;/q-1;. The second-order valence-corrected chi connectivity index (χ2v) is 5.67. The predicted octanol–water partition coefficient (Wildman–Crippen LogP) is 3.63. The topological polar surface area (TPSA) is 40.5 Å². The summed E-state index contributed by atoms with van der Waals surface area (Å²) in [6.45, 7) is 1.23. The number of alkyl halides is 2. The van der Waals surface area contributed by atoms with Gasteiger partial charge in [-0.25, -0.2) is 8.78 Å². The predicted molar refractivity (Wildman–Crippen MR) is 85.9 cm³/mol. The second kappa shape index (κ2) is 9.75. The van der Waals surface area contributed by atoms with Crippen LogP contribution in [0.4, 0.5) is 8.78 Å². The Morgan fingerprint density at radius 1 is 1.38 bits per heavy atom. The van der Waals surface area contributed by atoms with E-state index in [1.54, 1.807) is 18.2 Å². The molecule has 0 aliphatic rings. The van der Waals surface area contributed by atoms with Crippen molar-refractivity contribution in [2.45, 2.75) is 19.9 Å². The number of aromatic nitrogens is 1. The molecular formula is C16H15BrF2NO3Y-. The van der Waals surface area contributed by atoms with Crippen LogP contribution in [0.3, 0.4) is 0 Å². The smallest absolute Gasteiger partial charge is 0.256 e. The molecule has 24 heavy (non-hydrogen) atoms. The summed E-state index contributed by atoms with van der Waals surface area (Å²) in [6.07, 6.45) is -2.64. The molecule has 0 saturated carbocycles. The van der Waals surface area contributed by atoms with Gasteiger partial charge in [0.15, 0.2) is 6.79 Å². The first-order chi connectivity index (χ1) is 10.9. The first-order valence-electron chi connectivity index (χ1n) is 6.76. The summed E-state index contributed by atoms with van der Waals surface area (Å²) in [6, 6.07) is 9.48. The second-order valence-electron chi connectivity index (χ2n) is 4.82. The Kier molecular flexibility index (Phi) is 8.70. The largest absolute Gasteiger partial charge is 0.468 e. The van der Waals surface area contributed by atoms with Gasteiger partial charge < -0.3 is 14.0 Å². The summed E-state index contributed by atoms with van der Waals surface area (Å²) in [5.74, 6) is 0.591. The van der Waals surface area contributed by atoms with E-state index in [4.69, 9.17) is 9.47 Å². The molecule has 0 fully saturated rings. The fourth-order valence-electron chi connectivity index (χ4n) is 2.16. The molecule has 0 N–H and O–H groups in total. The molecule has 1 heterocycles. The normalized spacial score (nSPS) is 10.6. The minimum absolute atomic E-state index is 0. The third-order valence-electron chi connectivity index (χ3n) is 3.17. The molecule has 0 spiro atoms. The number of rotatable bonds is 6. The van der Waals surface area contributed by atoms with Crippen molar-refractivity contribution in [2.75, 3.05) is 13.9 Å². The van der Waals surface area contributed by atoms with E-state index in [-0.39, 0.29) is 44.0 Å². The minimum atomic E-state index is -2.64. The van der Waals surface area contributed by atoms with Gasteiger partial charge in [-0.05, 0) is 16.6 Å². The molecule has 2 rings (SSSR count). The zero-order chi connectivity index (χ0) is 17.0. The zero-order valence-corrected chi connectivity index (χ0v) is 17.6. The van der Waals surface area contributed by atoms with Crippen LogP contribution in [-0.4, -0.2) is 24.9 Å². The van der Waals surface area contributed by atoms with Crippen LogP contribution in [0.25, 0.3) is 11.3 Å². The number of pyridine rings is 1. The number of halogens is 3. The Morgan fingerprint density at radius 2 is 2.08 bits per heavy atom. The summed E-state index contributed by atoms with van der Waals surface area (Å²) in [5.41, 5.74) is 1.21. The van der Waals surface area contributed by atoms with Crippen molar-refractivity contribution >= 4 is 15.9 Å². The Labute approximate surface area is 172 Å². The van der Waals surface area contributed by atoms with E-state index < -0.39 is 18.5 Å². The summed E-state index contributed by atoms with van der Waals surface area (Å²) < 4.78 is 37.0. The molecule has 0 bridgehead atoms. The van der Waals surface area contributed by atoms with Crippen molar-refractivity contribution < 1.29 is 51.0 Å². The van der Waals surface area contributed by atoms with Gasteiger partial charge in [0.25, 0.3) is 6.43 Å². The maximum Gasteiger partial charge on any atom is 0.256 e. The van der Waals surface area contributed by atoms with Crippen molar-refractivity contribution in [3.8, 4) is 17.0 Å². The summed E-state index contributed by atoms with van der Waals surface area (Å²) >= 11 is 3.06. The van der Waals surface area contributed by atoms with Crippen molar-refractivity contribution in [2.24, 2.45) is 0 Å². The van der Waals surface area contributed by atoms with Crippen molar-refractivity contribution in [1.29, 1.82) is 0 Å². The summed E-state index contributed by atoms with van der Waals surface area (Å²) in [7, 11) is 1.51. The molecule has 1 aromatic heterocycles. The molecule has 0 aliphatic heterocycles. The molecule has 0 saturated heterocycles. The van der Waals surface area contributed by atoms with Crippen LogP contribution in [0.2, 0.25) is 0 Å². The van der Waals surface area contributed by atoms with Gasteiger partial charge in [0, 0.05) is 39.8 Å². The van der Waals surface area contributed by atoms with E-state index in [0.717, 1.165) is 10.1 Å². The van der Waals surface area contributed by atoms with Crippen molar-refractivity contribution in [1.82, 2.24) is 4.57 Å². The molecule has 8 heteroatoms. The van der Waals surface area contributed by atoms with Gasteiger partial charge in [-0.1, -0.05) is 23.7 Å². The molecule has 4 nitrogen and oxygen atoms in total. The van der Waals surface area contributed by atoms with Crippen LogP contribution in [-0.2, 0) is 44.0 Å². The van der Waals surface area contributed by atoms with Crippen molar-refractivity contribution in [3.05, 3.63) is 50.7 Å². The van der Waals surface area contributed by atoms with Crippen LogP contribution in [0.5, 0.6) is 5.75 Å². The van der Waals surface area contributed by atoms with Gasteiger partial charge in [0.05, 0.1) is 6.54 Å². The van der Waals surface area contributed by atoms with E-state index >= 15 is 0 Å². The molecule has 127 valence electrons. The van der Waals surface area contributed by atoms with E-state index in [0.29, 0.717) is 17.0 Å². The molecular weight excluding hydrogens is 461 g/mol. The number of hydrogen-bond acceptors (Lipinski definition) is 3. The van der Waals surface area contributed by atoms with Crippen LogP contribution >= 0.6 is 15.9 Å². The summed E-state index contributed by atoms with van der Waals surface area (Å²) in [4.78, 5) is 12.1. The molecule has 1 aromatic carbocycles. The van der Waals surface area contributed by atoms with Crippen molar-refractivity contribution in [3.63, 3.8) is 0 Å². The van der Waals surface area contributed by atoms with E-state index in [1.165, 1.54) is 13.2 Å². The third kappa shape index (κ3) is 5.18. The van der Waals surface area contributed by atoms with Crippen LogP contribution in [0, 0.1) is 13.0 Å². The first-order valence-corrected chi connectivity index (χ1v) is 7.55. The van der Waals surface area contributed by atoms with Gasteiger partial charge >= 0.3 is 0 Å². The number of nitrogens with zero attached hydrogens (tertiary/aromatic N) is 1. The van der Waals surface area contributed by atoms with E-state index in [9.17, 15) is 13.6 Å². The molecule has 1 radical (unpaired) electrons. The third-order valence-corrected chi connectivity index (χ3v) is 3.74. The Balaban J connectivity index is 0.00000288. The minimum Gasteiger partial charge on any atom is -0.468 e. The van der Waals surface area contributed by atoms with E-state index in [2.05, 4.69) is 22.0 Å². The number of methoxy groups -OCH3 is 1. The van der Waals surface area contributed by atoms with Gasteiger partial charge in [0.1, 0.15) is 5.75 Å². The molecule has 0 aliphatic carbocycles. The van der Waals surface area contributed by atoms with Crippen LogP contribution in [0.15, 0.2) is 33.5 Å². The average Bonchev–Trinajstić information content (AvgIpc) is 2.50. The van der Waals surface area contributed by atoms with E-state index in [1.807, 2.05) is 6.92 Å². The zero-order valence-electron chi connectivity index (χ0n) is 13.2. The SMILES string of the molecule is COCOc1ccc(-c2[c-]cc(Br)c(=O)n2CC(F)F)c(C)c1.[Y]. The maximum atomic E-state index is 12.8.